The summed E-state index contributed by atoms with van der Waals surface area (Å²) in [6.07, 6.45) is 4.99. The number of hydrogen-bond acceptors (Lipinski definition) is 1. The molecule has 1 aromatic carbocycles. The molecule has 1 nitrogen and oxygen atoms in total. The second kappa shape index (κ2) is 6.30. The van der Waals surface area contributed by atoms with E-state index in [1.54, 1.807) is 11.1 Å². The van der Waals surface area contributed by atoms with Crippen molar-refractivity contribution < 1.29 is 0 Å². The average Bonchev–Trinajstić information content (AvgIpc) is 2.55. The van der Waals surface area contributed by atoms with Crippen molar-refractivity contribution in [2.45, 2.75) is 72.3 Å². The minimum absolute atomic E-state index is 0.433. The van der Waals surface area contributed by atoms with Gasteiger partial charge in [0.1, 0.15) is 0 Å². The highest BCUT2D eigenvalue weighted by molar-refractivity contribution is 5.37. The number of nitrogens with one attached hydrogen (secondary N) is 1. The lowest BCUT2D eigenvalue weighted by Crippen LogP contribution is -2.25. The topological polar surface area (TPSA) is 12.0 Å². The van der Waals surface area contributed by atoms with Crippen LogP contribution >= 0.6 is 0 Å². The van der Waals surface area contributed by atoms with Crippen molar-refractivity contribution in [3.8, 4) is 0 Å². The Morgan fingerprint density at radius 2 is 2.05 bits per heavy atom. The first-order valence-electron chi connectivity index (χ1n) is 8.33. The van der Waals surface area contributed by atoms with Crippen LogP contribution in [0, 0.1) is 5.41 Å². The molecule has 1 aliphatic carbocycles. The van der Waals surface area contributed by atoms with Crippen LogP contribution in [0.25, 0.3) is 0 Å². The molecule has 0 saturated carbocycles. The van der Waals surface area contributed by atoms with Gasteiger partial charge in [-0.2, -0.15) is 0 Å². The lowest BCUT2D eigenvalue weighted by molar-refractivity contribution is 0.275. The maximum atomic E-state index is 3.72. The van der Waals surface area contributed by atoms with E-state index in [1.165, 1.54) is 31.2 Å². The number of aryl methyl sites for hydroxylation is 1. The molecule has 1 aliphatic rings. The number of hydrogen-bond donors (Lipinski definition) is 1. The molecular weight excluding hydrogens is 242 g/mol. The van der Waals surface area contributed by atoms with Gasteiger partial charge in [-0.3, -0.25) is 0 Å². The molecule has 0 amide bonds. The first kappa shape index (κ1) is 15.6. The highest BCUT2D eigenvalue weighted by atomic mass is 14.9. The van der Waals surface area contributed by atoms with Gasteiger partial charge in [-0.05, 0) is 60.3 Å². The molecule has 0 fully saturated rings. The summed E-state index contributed by atoms with van der Waals surface area (Å²) >= 11 is 0. The first-order valence-corrected chi connectivity index (χ1v) is 8.33. The molecule has 0 aromatic heterocycles. The summed E-state index contributed by atoms with van der Waals surface area (Å²) in [4.78, 5) is 0. The molecule has 1 aromatic rings. The van der Waals surface area contributed by atoms with E-state index < -0.39 is 0 Å². The maximum absolute atomic E-state index is 3.72. The van der Waals surface area contributed by atoms with Gasteiger partial charge in [0.2, 0.25) is 0 Å². The van der Waals surface area contributed by atoms with Crippen molar-refractivity contribution in [2.24, 2.45) is 5.41 Å². The molecule has 0 aliphatic heterocycles. The zero-order valence-electron chi connectivity index (χ0n) is 13.9. The van der Waals surface area contributed by atoms with Gasteiger partial charge >= 0.3 is 0 Å². The van der Waals surface area contributed by atoms with Crippen molar-refractivity contribution in [3.63, 3.8) is 0 Å². The van der Waals surface area contributed by atoms with Crippen LogP contribution in [0.1, 0.15) is 82.5 Å². The zero-order valence-corrected chi connectivity index (χ0v) is 13.9. The number of rotatable bonds is 4. The Morgan fingerprint density at radius 1 is 1.30 bits per heavy atom. The fourth-order valence-corrected chi connectivity index (χ4v) is 3.37. The molecule has 2 atom stereocenters. The van der Waals surface area contributed by atoms with Crippen molar-refractivity contribution in [1.82, 2.24) is 5.32 Å². The normalized spacial score (nSPS) is 22.9. The SMILES string of the molecule is CCNC1CC(C)(C)CCc2ccc(C(C)CC)cc21. The van der Waals surface area contributed by atoms with Crippen LogP contribution < -0.4 is 5.32 Å². The molecule has 2 rings (SSSR count). The van der Waals surface area contributed by atoms with Gasteiger partial charge < -0.3 is 5.32 Å². The quantitative estimate of drug-likeness (QED) is 0.742. The molecule has 1 heteroatoms. The Labute approximate surface area is 125 Å². The summed E-state index contributed by atoms with van der Waals surface area (Å²) in [6.45, 7) is 12.7. The van der Waals surface area contributed by atoms with Crippen LogP contribution in [0.15, 0.2) is 18.2 Å². The second-order valence-electron chi connectivity index (χ2n) is 7.25. The summed E-state index contributed by atoms with van der Waals surface area (Å²) in [5.74, 6) is 0.666. The van der Waals surface area contributed by atoms with Crippen molar-refractivity contribution in [1.29, 1.82) is 0 Å². The van der Waals surface area contributed by atoms with Crippen molar-refractivity contribution >= 4 is 0 Å². The minimum atomic E-state index is 0.433. The van der Waals surface area contributed by atoms with E-state index in [1.807, 2.05) is 0 Å². The Bertz CT molecular complexity index is 447. The van der Waals surface area contributed by atoms with Crippen LogP contribution in [-0.4, -0.2) is 6.54 Å². The lowest BCUT2D eigenvalue weighted by atomic mass is 9.83. The third-order valence-electron chi connectivity index (χ3n) is 5.01. The van der Waals surface area contributed by atoms with E-state index in [-0.39, 0.29) is 0 Å². The number of fused-ring (bicyclic) bond motifs is 1. The van der Waals surface area contributed by atoms with E-state index in [2.05, 4.69) is 58.1 Å². The largest absolute Gasteiger partial charge is 0.310 e. The molecule has 20 heavy (non-hydrogen) atoms. The van der Waals surface area contributed by atoms with Gasteiger partial charge in [0.15, 0.2) is 0 Å². The molecule has 0 heterocycles. The average molecular weight is 273 g/mol. The molecule has 0 saturated heterocycles. The van der Waals surface area contributed by atoms with E-state index in [0.717, 1.165) is 6.54 Å². The molecule has 0 bridgehead atoms. The summed E-state index contributed by atoms with van der Waals surface area (Å²) in [6, 6.07) is 7.76. The Hall–Kier alpha value is -0.820. The van der Waals surface area contributed by atoms with Gasteiger partial charge in [0.05, 0.1) is 0 Å². The Kier molecular flexibility index (Phi) is 4.90. The third kappa shape index (κ3) is 3.44. The summed E-state index contributed by atoms with van der Waals surface area (Å²) in [5.41, 5.74) is 5.07. The molecule has 0 radical (unpaired) electrons. The van der Waals surface area contributed by atoms with Crippen LogP contribution in [0.2, 0.25) is 0 Å². The molecule has 1 N–H and O–H groups in total. The predicted molar refractivity (Wildman–Crippen MR) is 88.3 cm³/mol. The minimum Gasteiger partial charge on any atom is -0.310 e. The van der Waals surface area contributed by atoms with Crippen molar-refractivity contribution in [3.05, 3.63) is 34.9 Å². The first-order chi connectivity index (χ1) is 9.46. The summed E-state index contributed by atoms with van der Waals surface area (Å²) in [5, 5.41) is 3.72. The van der Waals surface area contributed by atoms with Gasteiger partial charge in [0.25, 0.3) is 0 Å². The maximum Gasteiger partial charge on any atom is 0.0328 e. The standard InChI is InChI=1S/C19H31N/c1-6-14(3)16-9-8-15-10-11-19(4,5)13-18(20-7-2)17(15)12-16/h8-9,12,14,18,20H,6-7,10-11,13H2,1-5H3. The number of benzene rings is 1. The summed E-state index contributed by atoms with van der Waals surface area (Å²) in [7, 11) is 0. The lowest BCUT2D eigenvalue weighted by Gasteiger charge is -2.28. The zero-order chi connectivity index (χ0) is 14.8. The fourth-order valence-electron chi connectivity index (χ4n) is 3.37. The van der Waals surface area contributed by atoms with Gasteiger partial charge in [0, 0.05) is 6.04 Å². The summed E-state index contributed by atoms with van der Waals surface area (Å²) < 4.78 is 0. The second-order valence-corrected chi connectivity index (χ2v) is 7.25. The monoisotopic (exact) mass is 273 g/mol. The Morgan fingerprint density at radius 3 is 2.70 bits per heavy atom. The molecule has 2 unspecified atom stereocenters. The fraction of sp³-hybridized carbons (Fsp3) is 0.684. The van der Waals surface area contributed by atoms with Gasteiger partial charge in [-0.1, -0.05) is 52.8 Å². The highest BCUT2D eigenvalue weighted by Gasteiger charge is 2.29. The molecule has 112 valence electrons. The van der Waals surface area contributed by atoms with Crippen molar-refractivity contribution in [2.75, 3.05) is 6.54 Å². The van der Waals surface area contributed by atoms with Crippen LogP contribution in [0.5, 0.6) is 0 Å². The van der Waals surface area contributed by atoms with E-state index in [4.69, 9.17) is 0 Å². The highest BCUT2D eigenvalue weighted by Crippen LogP contribution is 2.40. The third-order valence-corrected chi connectivity index (χ3v) is 5.01. The van der Waals surface area contributed by atoms with Crippen LogP contribution in [0.3, 0.4) is 0 Å². The molecular formula is C19H31N. The smallest absolute Gasteiger partial charge is 0.0328 e. The molecule has 0 spiro atoms. The van der Waals surface area contributed by atoms with Gasteiger partial charge in [-0.25, -0.2) is 0 Å². The van der Waals surface area contributed by atoms with Gasteiger partial charge in [-0.15, -0.1) is 0 Å². The predicted octanol–water partition coefficient (Wildman–Crippen LogP) is 5.21. The van der Waals surface area contributed by atoms with E-state index in [0.29, 0.717) is 17.4 Å². The van der Waals surface area contributed by atoms with E-state index in [9.17, 15) is 0 Å². The Balaban J connectivity index is 2.38. The van der Waals surface area contributed by atoms with Crippen LogP contribution in [0.4, 0.5) is 0 Å². The van der Waals surface area contributed by atoms with Crippen LogP contribution in [-0.2, 0) is 6.42 Å². The van der Waals surface area contributed by atoms with E-state index >= 15 is 0 Å².